The number of likely N-dealkylation sites (N-methyl/N-ethyl adjacent to an activating group) is 1. The summed E-state index contributed by atoms with van der Waals surface area (Å²) in [5.41, 5.74) is 2.93. The summed E-state index contributed by atoms with van der Waals surface area (Å²) in [5.74, 6) is -0.681. The largest absolute Gasteiger partial charge is 0.507 e. The molecule has 1 saturated heterocycles. The minimum absolute atomic E-state index is 0.136. The van der Waals surface area contributed by atoms with E-state index in [-0.39, 0.29) is 22.6 Å². The fourth-order valence-corrected chi connectivity index (χ4v) is 4.61. The summed E-state index contributed by atoms with van der Waals surface area (Å²) in [6.07, 6.45) is 2.18. The van der Waals surface area contributed by atoms with Gasteiger partial charge < -0.3 is 25.1 Å². The average Bonchev–Trinajstić information content (AvgIpc) is 2.90. The third kappa shape index (κ3) is 5.83. The molecule has 0 unspecified atom stereocenters. The minimum Gasteiger partial charge on any atom is -0.507 e. The van der Waals surface area contributed by atoms with Crippen molar-refractivity contribution in [1.29, 1.82) is 5.26 Å². The molecule has 2 N–H and O–H groups in total. The van der Waals surface area contributed by atoms with E-state index in [1.807, 2.05) is 19.0 Å². The molecule has 0 aliphatic carbocycles. The number of rotatable bonds is 8. The Bertz CT molecular complexity index is 1340. The Morgan fingerprint density at radius 3 is 2.49 bits per heavy atom. The predicted molar refractivity (Wildman–Crippen MR) is 144 cm³/mol. The predicted octanol–water partition coefficient (Wildman–Crippen LogP) is 3.72. The quantitative estimate of drug-likeness (QED) is 0.435. The fraction of sp³-hybridized carbons (Fsp3) is 0.296. The maximum Gasteiger partial charge on any atom is 0.214 e. The molecule has 2 aromatic carbocycles. The number of aromatic hydroxyl groups is 1. The van der Waals surface area contributed by atoms with Crippen molar-refractivity contribution in [3.8, 4) is 34.1 Å². The first-order chi connectivity index (χ1) is 17.8. The number of nitrogens with one attached hydrogen (secondary N) is 1. The molecule has 4 rings (SSSR count). The van der Waals surface area contributed by atoms with E-state index in [4.69, 9.17) is 11.6 Å². The van der Waals surface area contributed by atoms with Crippen LogP contribution >= 0.6 is 11.6 Å². The number of carbonyl (C=O) groups excluding carboxylic acids is 1. The second kappa shape index (κ2) is 11.6. The lowest BCUT2D eigenvalue weighted by Gasteiger charge is -2.30. The second-order valence-corrected chi connectivity index (χ2v) is 9.47. The van der Waals surface area contributed by atoms with Gasteiger partial charge in [0.05, 0.1) is 16.4 Å². The number of hydrogen-bond acceptors (Lipinski definition) is 7. The van der Waals surface area contributed by atoms with E-state index in [9.17, 15) is 19.6 Å². The molecule has 0 atom stereocenters. The maximum absolute atomic E-state index is 14.8. The highest BCUT2D eigenvalue weighted by molar-refractivity contribution is 6.34. The van der Waals surface area contributed by atoms with Gasteiger partial charge in [0.15, 0.2) is 5.69 Å². The minimum atomic E-state index is -0.545. The SMILES string of the molecule is CN(C)CCN(C=O)c1ccc(-c2cc(F)cc(-c3cnc(C#N)c(N4CCNCC4)c3)c2O)cc1Cl. The molecule has 1 aromatic heterocycles. The molecule has 0 saturated carbocycles. The Labute approximate surface area is 220 Å². The van der Waals surface area contributed by atoms with E-state index < -0.39 is 5.82 Å². The van der Waals surface area contributed by atoms with Crippen LogP contribution in [-0.2, 0) is 4.79 Å². The van der Waals surface area contributed by atoms with Gasteiger partial charge in [-0.25, -0.2) is 9.37 Å². The Hall–Kier alpha value is -3.71. The third-order valence-electron chi connectivity index (χ3n) is 6.30. The first-order valence-corrected chi connectivity index (χ1v) is 12.3. The van der Waals surface area contributed by atoms with E-state index in [1.54, 1.807) is 24.3 Å². The highest BCUT2D eigenvalue weighted by Gasteiger charge is 2.20. The number of halogens is 2. The van der Waals surface area contributed by atoms with Gasteiger partial charge in [-0.1, -0.05) is 17.7 Å². The molecule has 37 heavy (non-hydrogen) atoms. The number of phenols is 1. The van der Waals surface area contributed by atoms with Crippen LogP contribution in [0, 0.1) is 17.1 Å². The van der Waals surface area contributed by atoms with Gasteiger partial charge in [-0.15, -0.1) is 0 Å². The summed E-state index contributed by atoms with van der Waals surface area (Å²) in [6.45, 7) is 4.07. The van der Waals surface area contributed by atoms with Crippen molar-refractivity contribution >= 4 is 29.4 Å². The van der Waals surface area contributed by atoms with Crippen LogP contribution in [-0.4, -0.2) is 74.8 Å². The number of piperazine rings is 1. The number of phenolic OH excluding ortho intramolecular Hbond substituents is 1. The molecule has 0 bridgehead atoms. The molecule has 192 valence electrons. The van der Waals surface area contributed by atoms with E-state index in [0.29, 0.717) is 53.7 Å². The van der Waals surface area contributed by atoms with Crippen LogP contribution in [0.15, 0.2) is 42.6 Å². The number of carbonyl (C=O) groups is 1. The standard InChI is InChI=1S/C27H28ClFN6O2/c1-33(2)9-10-35(17-36)25-4-3-18(11-23(25)28)21-13-20(29)14-22(27(21)37)19-12-26(24(15-30)32-16-19)34-7-5-31-6-8-34/h3-4,11-14,16-17,31,37H,5-10H2,1-2H3. The van der Waals surface area contributed by atoms with Crippen LogP contribution in [0.2, 0.25) is 5.02 Å². The molecule has 1 aliphatic rings. The highest BCUT2D eigenvalue weighted by atomic mass is 35.5. The van der Waals surface area contributed by atoms with Gasteiger partial charge >= 0.3 is 0 Å². The van der Waals surface area contributed by atoms with E-state index >= 15 is 0 Å². The lowest BCUT2D eigenvalue weighted by Crippen LogP contribution is -2.43. The van der Waals surface area contributed by atoms with Crippen molar-refractivity contribution in [2.24, 2.45) is 0 Å². The average molecular weight is 523 g/mol. The Morgan fingerprint density at radius 1 is 1.16 bits per heavy atom. The summed E-state index contributed by atoms with van der Waals surface area (Å²) in [4.78, 5) is 21.4. The molecule has 0 radical (unpaired) electrons. The van der Waals surface area contributed by atoms with Crippen molar-refractivity contribution in [2.45, 2.75) is 0 Å². The Balaban J connectivity index is 1.73. The number of anilines is 2. The zero-order valence-corrected chi connectivity index (χ0v) is 21.5. The molecule has 1 fully saturated rings. The van der Waals surface area contributed by atoms with Gasteiger partial charge in [0.25, 0.3) is 0 Å². The van der Waals surface area contributed by atoms with Crippen molar-refractivity contribution in [3.63, 3.8) is 0 Å². The topological polar surface area (TPSA) is 95.7 Å². The molecular formula is C27H28ClFN6O2. The smallest absolute Gasteiger partial charge is 0.214 e. The van der Waals surface area contributed by atoms with Crippen LogP contribution in [0.5, 0.6) is 5.75 Å². The number of nitrogens with zero attached hydrogens (tertiary/aromatic N) is 5. The lowest BCUT2D eigenvalue weighted by atomic mass is 9.97. The number of hydrogen-bond donors (Lipinski definition) is 2. The van der Waals surface area contributed by atoms with Crippen LogP contribution in [0.4, 0.5) is 15.8 Å². The number of benzene rings is 2. The highest BCUT2D eigenvalue weighted by Crippen LogP contribution is 2.41. The zero-order chi connectivity index (χ0) is 26.5. The maximum atomic E-state index is 14.8. The Morgan fingerprint density at radius 2 is 1.86 bits per heavy atom. The monoisotopic (exact) mass is 522 g/mol. The van der Waals surface area contributed by atoms with Crippen LogP contribution in [0.1, 0.15) is 5.69 Å². The van der Waals surface area contributed by atoms with Crippen molar-refractivity contribution < 1.29 is 14.3 Å². The number of amides is 1. The summed E-state index contributed by atoms with van der Waals surface area (Å²) >= 11 is 6.52. The summed E-state index contributed by atoms with van der Waals surface area (Å²) in [6, 6.07) is 11.3. The number of pyridine rings is 1. The summed E-state index contributed by atoms with van der Waals surface area (Å²) < 4.78 is 14.8. The number of nitriles is 1. The van der Waals surface area contributed by atoms with Crippen LogP contribution in [0.25, 0.3) is 22.3 Å². The van der Waals surface area contributed by atoms with Crippen LogP contribution < -0.4 is 15.1 Å². The van der Waals surface area contributed by atoms with Crippen LogP contribution in [0.3, 0.4) is 0 Å². The van der Waals surface area contributed by atoms with Gasteiger partial charge in [0.1, 0.15) is 17.6 Å². The van der Waals surface area contributed by atoms with E-state index in [2.05, 4.69) is 21.3 Å². The normalized spacial score (nSPS) is 13.5. The third-order valence-corrected chi connectivity index (χ3v) is 6.60. The molecular weight excluding hydrogens is 495 g/mol. The first-order valence-electron chi connectivity index (χ1n) is 11.9. The first kappa shape index (κ1) is 26.4. The van der Waals surface area contributed by atoms with Crippen molar-refractivity contribution in [1.82, 2.24) is 15.2 Å². The molecule has 2 heterocycles. The van der Waals surface area contributed by atoms with Crippen molar-refractivity contribution in [3.05, 3.63) is 59.1 Å². The second-order valence-electron chi connectivity index (χ2n) is 9.06. The number of aromatic nitrogens is 1. The molecule has 1 amide bonds. The molecule has 10 heteroatoms. The van der Waals surface area contributed by atoms with Crippen molar-refractivity contribution in [2.75, 3.05) is 63.2 Å². The molecule has 0 spiro atoms. The fourth-order valence-electron chi connectivity index (χ4n) is 4.32. The van der Waals surface area contributed by atoms with Gasteiger partial charge in [0.2, 0.25) is 6.41 Å². The summed E-state index contributed by atoms with van der Waals surface area (Å²) in [7, 11) is 3.82. The van der Waals surface area contributed by atoms with E-state index in [0.717, 1.165) is 19.5 Å². The summed E-state index contributed by atoms with van der Waals surface area (Å²) in [5, 5.41) is 24.3. The molecule has 8 nitrogen and oxygen atoms in total. The molecule has 3 aromatic rings. The lowest BCUT2D eigenvalue weighted by molar-refractivity contribution is -0.107. The Kier molecular flexibility index (Phi) is 8.24. The van der Waals surface area contributed by atoms with E-state index in [1.165, 1.54) is 23.2 Å². The van der Waals surface area contributed by atoms with Gasteiger partial charge in [-0.2, -0.15) is 5.26 Å². The zero-order valence-electron chi connectivity index (χ0n) is 20.7. The van der Waals surface area contributed by atoms with Gasteiger partial charge in [-0.05, 0) is 50.0 Å². The van der Waals surface area contributed by atoms with Gasteiger partial charge in [0, 0.05) is 62.2 Å². The van der Waals surface area contributed by atoms with Gasteiger partial charge in [-0.3, -0.25) is 4.79 Å². The molecule has 1 aliphatic heterocycles.